The molecule has 0 radical (unpaired) electrons. The summed E-state index contributed by atoms with van der Waals surface area (Å²) in [5.74, 6) is -0.271. The van der Waals surface area contributed by atoms with Crippen molar-refractivity contribution in [1.29, 1.82) is 0 Å². The molecule has 0 saturated carbocycles. The molecular formula is C10H16ClNO3. The lowest BCUT2D eigenvalue weighted by molar-refractivity contribution is -0.142. The summed E-state index contributed by atoms with van der Waals surface area (Å²) in [4.78, 5) is 23.9. The van der Waals surface area contributed by atoms with Crippen molar-refractivity contribution in [2.24, 2.45) is 5.92 Å². The number of hydrogen-bond acceptors (Lipinski definition) is 2. The third-order valence-corrected chi connectivity index (χ3v) is 3.17. The van der Waals surface area contributed by atoms with E-state index >= 15 is 0 Å². The van der Waals surface area contributed by atoms with Crippen molar-refractivity contribution in [2.75, 3.05) is 12.4 Å². The Hall–Kier alpha value is -0.770. The van der Waals surface area contributed by atoms with E-state index in [1.165, 1.54) is 0 Å². The second-order valence-corrected chi connectivity index (χ2v) is 4.92. The van der Waals surface area contributed by atoms with Gasteiger partial charge in [0.2, 0.25) is 5.91 Å². The van der Waals surface area contributed by atoms with Crippen LogP contribution in [0.15, 0.2) is 0 Å². The first-order valence-electron chi connectivity index (χ1n) is 4.95. The minimum absolute atomic E-state index is 0.00639. The highest BCUT2D eigenvalue weighted by atomic mass is 35.5. The summed E-state index contributed by atoms with van der Waals surface area (Å²) >= 11 is 5.70. The van der Waals surface area contributed by atoms with Crippen molar-refractivity contribution >= 4 is 23.5 Å². The summed E-state index contributed by atoms with van der Waals surface area (Å²) in [7, 11) is 0. The molecule has 1 aliphatic rings. The topological polar surface area (TPSA) is 57.6 Å². The van der Waals surface area contributed by atoms with E-state index in [4.69, 9.17) is 16.7 Å². The quantitative estimate of drug-likeness (QED) is 0.746. The minimum atomic E-state index is -0.887. The normalized spacial score (nSPS) is 22.2. The fraction of sp³-hybridized carbons (Fsp3) is 0.800. The molecule has 1 aliphatic heterocycles. The number of amides is 1. The van der Waals surface area contributed by atoms with Gasteiger partial charge < -0.3 is 10.0 Å². The van der Waals surface area contributed by atoms with Crippen LogP contribution in [0.2, 0.25) is 0 Å². The van der Waals surface area contributed by atoms with Gasteiger partial charge in [0, 0.05) is 24.4 Å². The van der Waals surface area contributed by atoms with Crippen LogP contribution in [0.25, 0.3) is 0 Å². The fourth-order valence-electron chi connectivity index (χ4n) is 1.94. The van der Waals surface area contributed by atoms with Crippen molar-refractivity contribution in [2.45, 2.75) is 32.2 Å². The summed E-state index contributed by atoms with van der Waals surface area (Å²) in [6.07, 6.45) is 0.403. The van der Waals surface area contributed by atoms with Gasteiger partial charge in [-0.3, -0.25) is 9.59 Å². The number of carboxylic acid groups (broad SMARTS) is 1. The standard InChI is InChI=1S/C10H16ClNO3/c1-10(2,4-9(14)15)12-6-7(5-11)3-8(12)13/h7H,3-6H2,1-2H3,(H,14,15). The Labute approximate surface area is 94.2 Å². The number of halogens is 1. The zero-order chi connectivity index (χ0) is 11.6. The lowest BCUT2D eigenvalue weighted by atomic mass is 9.98. The highest BCUT2D eigenvalue weighted by Crippen LogP contribution is 2.28. The van der Waals surface area contributed by atoms with Gasteiger partial charge in [0.15, 0.2) is 0 Å². The predicted octanol–water partition coefficient (Wildman–Crippen LogP) is 1.33. The van der Waals surface area contributed by atoms with Crippen molar-refractivity contribution in [1.82, 2.24) is 4.90 Å². The van der Waals surface area contributed by atoms with Gasteiger partial charge in [-0.1, -0.05) is 0 Å². The Bertz CT molecular complexity index is 278. The molecule has 15 heavy (non-hydrogen) atoms. The van der Waals surface area contributed by atoms with Crippen LogP contribution < -0.4 is 0 Å². The molecule has 0 aromatic carbocycles. The van der Waals surface area contributed by atoms with Crippen molar-refractivity contribution < 1.29 is 14.7 Å². The zero-order valence-electron chi connectivity index (χ0n) is 8.99. The molecule has 1 rings (SSSR count). The molecule has 1 unspecified atom stereocenters. The van der Waals surface area contributed by atoms with Gasteiger partial charge >= 0.3 is 5.97 Å². The van der Waals surface area contributed by atoms with Crippen LogP contribution in [-0.2, 0) is 9.59 Å². The van der Waals surface area contributed by atoms with Gasteiger partial charge in [-0.25, -0.2) is 0 Å². The third-order valence-electron chi connectivity index (χ3n) is 2.74. The molecule has 0 aliphatic carbocycles. The highest BCUT2D eigenvalue weighted by molar-refractivity contribution is 6.18. The monoisotopic (exact) mass is 233 g/mol. The van der Waals surface area contributed by atoms with E-state index in [1.54, 1.807) is 18.7 Å². The molecule has 1 amide bonds. The van der Waals surface area contributed by atoms with E-state index in [9.17, 15) is 9.59 Å². The van der Waals surface area contributed by atoms with Gasteiger partial charge in [0.25, 0.3) is 0 Å². The lowest BCUT2D eigenvalue weighted by Gasteiger charge is -2.34. The summed E-state index contributed by atoms with van der Waals surface area (Å²) in [5, 5.41) is 8.75. The van der Waals surface area contributed by atoms with Crippen LogP contribution in [0.4, 0.5) is 0 Å². The van der Waals surface area contributed by atoms with Crippen LogP contribution in [0.3, 0.4) is 0 Å². The second-order valence-electron chi connectivity index (χ2n) is 4.61. The highest BCUT2D eigenvalue weighted by Gasteiger charge is 2.39. The van der Waals surface area contributed by atoms with Gasteiger partial charge in [-0.2, -0.15) is 0 Å². The summed E-state index contributed by atoms with van der Waals surface area (Å²) < 4.78 is 0. The molecule has 0 spiro atoms. The van der Waals surface area contributed by atoms with Crippen LogP contribution in [-0.4, -0.2) is 39.8 Å². The molecule has 0 aromatic heterocycles. The summed E-state index contributed by atoms with van der Waals surface area (Å²) in [5.41, 5.74) is -0.621. The average Bonchev–Trinajstić information content (AvgIpc) is 2.45. The Morgan fingerprint density at radius 1 is 1.67 bits per heavy atom. The molecule has 1 atom stereocenters. The van der Waals surface area contributed by atoms with Crippen LogP contribution in [0.1, 0.15) is 26.7 Å². The molecular weight excluding hydrogens is 218 g/mol. The molecule has 0 aromatic rings. The van der Waals surface area contributed by atoms with Crippen LogP contribution >= 0.6 is 11.6 Å². The third kappa shape index (κ3) is 2.84. The van der Waals surface area contributed by atoms with Crippen LogP contribution in [0.5, 0.6) is 0 Å². The number of alkyl halides is 1. The SMILES string of the molecule is CC(C)(CC(=O)O)N1CC(CCl)CC1=O. The smallest absolute Gasteiger partial charge is 0.305 e. The van der Waals surface area contributed by atoms with Crippen molar-refractivity contribution in [3.05, 3.63) is 0 Å². The number of carbonyl (C=O) groups is 2. The number of aliphatic carboxylic acids is 1. The molecule has 4 nitrogen and oxygen atoms in total. The lowest BCUT2D eigenvalue weighted by Crippen LogP contribution is -2.46. The van der Waals surface area contributed by atoms with E-state index in [1.807, 2.05) is 0 Å². The zero-order valence-corrected chi connectivity index (χ0v) is 9.75. The second kappa shape index (κ2) is 4.39. The molecule has 1 heterocycles. The molecule has 1 saturated heterocycles. The van der Waals surface area contributed by atoms with Crippen LogP contribution in [0, 0.1) is 5.92 Å². The predicted molar refractivity (Wildman–Crippen MR) is 56.9 cm³/mol. The first-order chi connectivity index (χ1) is 6.86. The maximum atomic E-state index is 11.6. The number of carbonyl (C=O) groups excluding carboxylic acids is 1. The molecule has 1 N–H and O–H groups in total. The van der Waals surface area contributed by atoms with Gasteiger partial charge in [-0.15, -0.1) is 11.6 Å². The van der Waals surface area contributed by atoms with Gasteiger partial charge in [0.1, 0.15) is 0 Å². The first kappa shape index (κ1) is 12.3. The number of rotatable bonds is 4. The van der Waals surface area contributed by atoms with Gasteiger partial charge in [0.05, 0.1) is 6.42 Å². The maximum absolute atomic E-state index is 11.6. The Morgan fingerprint density at radius 2 is 2.27 bits per heavy atom. The first-order valence-corrected chi connectivity index (χ1v) is 5.48. The average molecular weight is 234 g/mol. The molecule has 0 bridgehead atoms. The largest absolute Gasteiger partial charge is 0.481 e. The fourth-order valence-corrected chi connectivity index (χ4v) is 2.14. The Balaban J connectivity index is 2.71. The van der Waals surface area contributed by atoms with E-state index < -0.39 is 11.5 Å². The van der Waals surface area contributed by atoms with E-state index in [0.29, 0.717) is 18.8 Å². The van der Waals surface area contributed by atoms with E-state index in [2.05, 4.69) is 0 Å². The number of nitrogens with zero attached hydrogens (tertiary/aromatic N) is 1. The van der Waals surface area contributed by atoms with Crippen molar-refractivity contribution in [3.8, 4) is 0 Å². The maximum Gasteiger partial charge on any atom is 0.305 e. The van der Waals surface area contributed by atoms with Crippen molar-refractivity contribution in [3.63, 3.8) is 0 Å². The van der Waals surface area contributed by atoms with E-state index in [0.717, 1.165) is 0 Å². The minimum Gasteiger partial charge on any atom is -0.481 e. The number of likely N-dealkylation sites (tertiary alicyclic amines) is 1. The number of hydrogen-bond donors (Lipinski definition) is 1. The number of carboxylic acids is 1. The summed E-state index contributed by atoms with van der Waals surface area (Å²) in [6, 6.07) is 0. The molecule has 86 valence electrons. The molecule has 5 heteroatoms. The Morgan fingerprint density at radius 3 is 2.67 bits per heavy atom. The molecule has 1 fully saturated rings. The van der Waals surface area contributed by atoms with E-state index in [-0.39, 0.29) is 18.2 Å². The summed E-state index contributed by atoms with van der Waals surface area (Å²) in [6.45, 7) is 4.12. The van der Waals surface area contributed by atoms with Gasteiger partial charge in [-0.05, 0) is 19.8 Å². The Kier molecular flexibility index (Phi) is 3.60.